The number of benzene rings is 1. The number of primary amides is 1. The Kier molecular flexibility index (Phi) is 5.62. The third kappa shape index (κ3) is 4.84. The minimum absolute atomic E-state index is 0.0810. The first-order chi connectivity index (χ1) is 9.04. The van der Waals surface area contributed by atoms with Crippen molar-refractivity contribution in [1.82, 2.24) is 5.32 Å². The molecule has 0 fully saturated rings. The first kappa shape index (κ1) is 14.8. The highest BCUT2D eigenvalue weighted by molar-refractivity contribution is 5.97. The molecule has 0 saturated heterocycles. The standard InChI is InChI=1S/C12H18N4O3/c1-8-6-9(11(13)16-18)2-3-10(8)7-15-4-5-19-12(14)17/h2-3,6,15,18H,4-5,7H2,1H3,(H2,13,16)(H2,14,17). The van der Waals surface area contributed by atoms with Crippen molar-refractivity contribution >= 4 is 11.9 Å². The summed E-state index contributed by atoms with van der Waals surface area (Å²) in [5.74, 6) is 0.0810. The normalized spacial score (nSPS) is 11.3. The number of nitrogens with two attached hydrogens (primary N) is 2. The molecule has 0 aromatic heterocycles. The molecule has 0 bridgehead atoms. The van der Waals surface area contributed by atoms with Crippen LogP contribution in [-0.2, 0) is 11.3 Å². The van der Waals surface area contributed by atoms with E-state index in [1.54, 1.807) is 6.07 Å². The van der Waals surface area contributed by atoms with Gasteiger partial charge in [-0.1, -0.05) is 17.3 Å². The predicted molar refractivity (Wildman–Crippen MR) is 70.9 cm³/mol. The molecule has 1 amide bonds. The summed E-state index contributed by atoms with van der Waals surface area (Å²) in [5.41, 5.74) is 13.1. The van der Waals surface area contributed by atoms with E-state index in [9.17, 15) is 4.79 Å². The fourth-order valence-electron chi connectivity index (χ4n) is 1.56. The molecule has 7 heteroatoms. The number of carbonyl (C=O) groups excluding carboxylic acids is 1. The van der Waals surface area contributed by atoms with Gasteiger partial charge in [0.05, 0.1) is 0 Å². The lowest BCUT2D eigenvalue weighted by Crippen LogP contribution is -2.23. The van der Waals surface area contributed by atoms with Crippen molar-refractivity contribution in [3.63, 3.8) is 0 Å². The molecule has 0 saturated carbocycles. The Morgan fingerprint density at radius 2 is 2.21 bits per heavy atom. The van der Waals surface area contributed by atoms with E-state index in [1.807, 2.05) is 19.1 Å². The van der Waals surface area contributed by atoms with Gasteiger partial charge < -0.3 is 26.7 Å². The maximum atomic E-state index is 10.3. The van der Waals surface area contributed by atoms with Crippen LogP contribution in [0.3, 0.4) is 0 Å². The molecule has 0 aliphatic heterocycles. The van der Waals surface area contributed by atoms with E-state index in [0.29, 0.717) is 18.7 Å². The van der Waals surface area contributed by atoms with Gasteiger partial charge in [-0.05, 0) is 24.1 Å². The Balaban J connectivity index is 2.49. The summed E-state index contributed by atoms with van der Waals surface area (Å²) < 4.78 is 4.59. The zero-order valence-electron chi connectivity index (χ0n) is 10.7. The van der Waals surface area contributed by atoms with Crippen molar-refractivity contribution in [2.45, 2.75) is 13.5 Å². The van der Waals surface area contributed by atoms with Crippen LogP contribution in [0, 0.1) is 6.92 Å². The zero-order chi connectivity index (χ0) is 14.3. The number of nitrogens with one attached hydrogen (secondary N) is 1. The van der Waals surface area contributed by atoms with Gasteiger partial charge in [-0.3, -0.25) is 0 Å². The fraction of sp³-hybridized carbons (Fsp3) is 0.333. The van der Waals surface area contributed by atoms with Crippen LogP contribution in [0.5, 0.6) is 0 Å². The van der Waals surface area contributed by atoms with Gasteiger partial charge in [-0.25, -0.2) is 4.79 Å². The predicted octanol–water partition coefficient (Wildman–Crippen LogP) is 0.274. The minimum Gasteiger partial charge on any atom is -0.448 e. The van der Waals surface area contributed by atoms with Crippen LogP contribution in [0.1, 0.15) is 16.7 Å². The highest BCUT2D eigenvalue weighted by Crippen LogP contribution is 2.10. The Labute approximate surface area is 111 Å². The summed E-state index contributed by atoms with van der Waals surface area (Å²) >= 11 is 0. The van der Waals surface area contributed by atoms with E-state index in [-0.39, 0.29) is 12.4 Å². The molecule has 0 aliphatic rings. The van der Waals surface area contributed by atoms with Crippen LogP contribution in [0.25, 0.3) is 0 Å². The second-order valence-corrected chi connectivity index (χ2v) is 3.97. The van der Waals surface area contributed by atoms with Gasteiger partial charge in [0.1, 0.15) is 6.61 Å². The number of amides is 1. The lowest BCUT2D eigenvalue weighted by atomic mass is 10.0. The number of carbonyl (C=O) groups is 1. The molecule has 7 nitrogen and oxygen atoms in total. The third-order valence-electron chi connectivity index (χ3n) is 2.58. The lowest BCUT2D eigenvalue weighted by Gasteiger charge is -2.09. The van der Waals surface area contributed by atoms with Crippen molar-refractivity contribution in [3.05, 3.63) is 34.9 Å². The number of hydrogen-bond donors (Lipinski definition) is 4. The number of rotatable bonds is 6. The van der Waals surface area contributed by atoms with Crippen molar-refractivity contribution in [2.24, 2.45) is 16.6 Å². The molecule has 0 radical (unpaired) electrons. The molecule has 6 N–H and O–H groups in total. The van der Waals surface area contributed by atoms with Crippen molar-refractivity contribution in [1.29, 1.82) is 0 Å². The fourth-order valence-corrected chi connectivity index (χ4v) is 1.56. The summed E-state index contributed by atoms with van der Waals surface area (Å²) in [6.45, 7) is 3.32. The van der Waals surface area contributed by atoms with E-state index < -0.39 is 6.09 Å². The molecule has 0 atom stereocenters. The summed E-state index contributed by atoms with van der Waals surface area (Å²) in [6.07, 6.45) is -0.777. The van der Waals surface area contributed by atoms with E-state index in [4.69, 9.17) is 16.7 Å². The second-order valence-electron chi connectivity index (χ2n) is 3.97. The Morgan fingerprint density at radius 1 is 1.47 bits per heavy atom. The summed E-state index contributed by atoms with van der Waals surface area (Å²) in [7, 11) is 0. The Hall–Kier alpha value is -2.28. The van der Waals surface area contributed by atoms with Crippen LogP contribution in [0.15, 0.2) is 23.4 Å². The first-order valence-electron chi connectivity index (χ1n) is 5.75. The third-order valence-corrected chi connectivity index (χ3v) is 2.58. The molecule has 19 heavy (non-hydrogen) atoms. The number of nitrogens with zero attached hydrogens (tertiary/aromatic N) is 1. The van der Waals surface area contributed by atoms with Gasteiger partial charge in [0, 0.05) is 18.7 Å². The number of oxime groups is 1. The van der Waals surface area contributed by atoms with E-state index in [2.05, 4.69) is 15.2 Å². The van der Waals surface area contributed by atoms with Gasteiger partial charge in [0.15, 0.2) is 5.84 Å². The number of aryl methyl sites for hydroxylation is 1. The Morgan fingerprint density at radius 3 is 2.79 bits per heavy atom. The molecule has 0 unspecified atom stereocenters. The lowest BCUT2D eigenvalue weighted by molar-refractivity contribution is 0.157. The van der Waals surface area contributed by atoms with Crippen LogP contribution in [0.4, 0.5) is 4.79 Å². The SMILES string of the molecule is Cc1cc(/C(N)=N/O)ccc1CNCCOC(N)=O. The number of hydrogen-bond acceptors (Lipinski definition) is 5. The van der Waals surface area contributed by atoms with Crippen molar-refractivity contribution in [2.75, 3.05) is 13.2 Å². The smallest absolute Gasteiger partial charge is 0.404 e. The molecule has 0 spiro atoms. The van der Waals surface area contributed by atoms with Crippen molar-refractivity contribution in [3.8, 4) is 0 Å². The summed E-state index contributed by atoms with van der Waals surface area (Å²) in [5, 5.41) is 14.7. The molecule has 1 aromatic rings. The van der Waals surface area contributed by atoms with E-state index in [1.165, 1.54) is 0 Å². The molecular formula is C12H18N4O3. The van der Waals surface area contributed by atoms with Gasteiger partial charge in [-0.2, -0.15) is 0 Å². The van der Waals surface area contributed by atoms with Gasteiger partial charge in [0.2, 0.25) is 0 Å². The largest absolute Gasteiger partial charge is 0.448 e. The average molecular weight is 266 g/mol. The molecule has 1 rings (SSSR count). The summed E-state index contributed by atoms with van der Waals surface area (Å²) in [4.78, 5) is 10.3. The van der Waals surface area contributed by atoms with Crippen LogP contribution in [0.2, 0.25) is 0 Å². The molecule has 0 aliphatic carbocycles. The topological polar surface area (TPSA) is 123 Å². The molecule has 104 valence electrons. The van der Waals surface area contributed by atoms with Crippen molar-refractivity contribution < 1.29 is 14.7 Å². The van der Waals surface area contributed by atoms with E-state index in [0.717, 1.165) is 11.1 Å². The summed E-state index contributed by atoms with van der Waals surface area (Å²) in [6, 6.07) is 5.51. The second kappa shape index (κ2) is 7.22. The quantitative estimate of drug-likeness (QED) is 0.193. The maximum Gasteiger partial charge on any atom is 0.404 e. The van der Waals surface area contributed by atoms with Gasteiger partial charge >= 0.3 is 6.09 Å². The van der Waals surface area contributed by atoms with Crippen LogP contribution < -0.4 is 16.8 Å². The Bertz CT molecular complexity index is 474. The zero-order valence-corrected chi connectivity index (χ0v) is 10.7. The number of ether oxygens (including phenoxy) is 1. The van der Waals surface area contributed by atoms with Crippen LogP contribution >= 0.6 is 0 Å². The monoisotopic (exact) mass is 266 g/mol. The highest BCUT2D eigenvalue weighted by atomic mass is 16.5. The maximum absolute atomic E-state index is 10.3. The molecular weight excluding hydrogens is 248 g/mol. The highest BCUT2D eigenvalue weighted by Gasteiger charge is 2.03. The average Bonchev–Trinajstić information content (AvgIpc) is 2.38. The first-order valence-corrected chi connectivity index (χ1v) is 5.75. The van der Waals surface area contributed by atoms with E-state index >= 15 is 0 Å². The van der Waals surface area contributed by atoms with Gasteiger partial charge in [0.25, 0.3) is 0 Å². The van der Waals surface area contributed by atoms with Crippen LogP contribution in [-0.4, -0.2) is 30.3 Å². The molecule has 1 aromatic carbocycles. The minimum atomic E-state index is -0.777. The number of amidine groups is 1. The molecule has 0 heterocycles. The van der Waals surface area contributed by atoms with Gasteiger partial charge in [-0.15, -0.1) is 0 Å².